The highest BCUT2D eigenvalue weighted by atomic mass is 16.4. The van der Waals surface area contributed by atoms with Crippen molar-refractivity contribution in [3.63, 3.8) is 0 Å². The molecule has 0 aromatic rings. The molecule has 0 amide bonds. The number of carbonyl (C=O) groups is 2. The molecule has 0 fully saturated rings. The molecule has 0 aliphatic rings. The minimum Gasteiger partial charge on any atom is -0.481 e. The zero-order valence-electron chi connectivity index (χ0n) is 5.91. The molecule has 0 bridgehead atoms. The predicted molar refractivity (Wildman–Crippen MR) is 37.4 cm³/mol. The fourth-order valence-corrected chi connectivity index (χ4v) is 0.539. The molecule has 0 aromatic heterocycles. The quantitative estimate of drug-likeness (QED) is 0.340. The number of rotatable bonds is 4. The summed E-state index contributed by atoms with van der Waals surface area (Å²) in [5.74, 6) is -1.89. The van der Waals surface area contributed by atoms with E-state index in [1.165, 1.54) is 0 Å². The summed E-state index contributed by atoms with van der Waals surface area (Å²) in [4.78, 5) is 20.8. The van der Waals surface area contributed by atoms with Crippen molar-refractivity contribution < 1.29 is 14.7 Å². The van der Waals surface area contributed by atoms with Crippen molar-refractivity contribution in [3.05, 3.63) is 0 Å². The Hall–Kier alpha value is -0.980. The Morgan fingerprint density at radius 2 is 1.82 bits per heavy atom. The van der Waals surface area contributed by atoms with Gasteiger partial charge in [0.05, 0.1) is 13.0 Å². The van der Waals surface area contributed by atoms with E-state index >= 15 is 0 Å². The topological polar surface area (TPSA) is 132 Å². The average Bonchev–Trinajstić information content (AvgIpc) is 1.83. The third kappa shape index (κ3) is 3.08. The van der Waals surface area contributed by atoms with E-state index in [0.717, 1.165) is 0 Å². The van der Waals surface area contributed by atoms with Crippen molar-refractivity contribution in [1.29, 1.82) is 0 Å². The molecule has 11 heavy (non-hydrogen) atoms. The van der Waals surface area contributed by atoms with Gasteiger partial charge in [0.15, 0.2) is 5.78 Å². The van der Waals surface area contributed by atoms with Gasteiger partial charge in [-0.15, -0.1) is 0 Å². The smallest absolute Gasteiger partial charge is 0.307 e. The monoisotopic (exact) mass is 161 g/mol. The molecule has 0 rings (SSSR count). The molecule has 0 aromatic carbocycles. The molecule has 64 valence electrons. The van der Waals surface area contributed by atoms with Crippen LogP contribution in [0.25, 0.3) is 0 Å². The lowest BCUT2D eigenvalue weighted by atomic mass is 10.0. The minimum absolute atomic E-state index is 0.347. The molecule has 0 heterocycles. The van der Waals surface area contributed by atoms with E-state index in [2.05, 4.69) is 0 Å². The maximum absolute atomic E-state index is 10.7. The number of carboxylic acid groups (broad SMARTS) is 1. The van der Waals surface area contributed by atoms with Gasteiger partial charge in [0.25, 0.3) is 0 Å². The van der Waals surface area contributed by atoms with Crippen LogP contribution in [0.4, 0.5) is 0 Å². The number of aliphatic carboxylic acids is 1. The van der Waals surface area contributed by atoms with E-state index in [-0.39, 0.29) is 6.54 Å². The summed E-state index contributed by atoms with van der Waals surface area (Å²) in [6.07, 6.45) is -0.608. The summed E-state index contributed by atoms with van der Waals surface area (Å²) in [5, 5.41) is 8.24. The lowest BCUT2D eigenvalue weighted by Gasteiger charge is -2.19. The van der Waals surface area contributed by atoms with Gasteiger partial charge in [-0.05, 0) is 0 Å². The van der Waals surface area contributed by atoms with Crippen LogP contribution in [-0.2, 0) is 9.59 Å². The summed E-state index contributed by atoms with van der Waals surface area (Å²) in [6, 6.07) is 0. The number of nitrogens with two attached hydrogens (primary N) is 3. The summed E-state index contributed by atoms with van der Waals surface area (Å²) in [6.45, 7) is -0.347. The maximum Gasteiger partial charge on any atom is 0.307 e. The summed E-state index contributed by atoms with van der Waals surface area (Å²) >= 11 is 0. The summed E-state index contributed by atoms with van der Waals surface area (Å²) in [7, 11) is 0. The van der Waals surface area contributed by atoms with Gasteiger partial charge in [-0.25, -0.2) is 0 Å². The van der Waals surface area contributed by atoms with E-state index in [1.54, 1.807) is 0 Å². The molecule has 0 atom stereocenters. The summed E-state index contributed by atoms with van der Waals surface area (Å²) < 4.78 is 0. The lowest BCUT2D eigenvalue weighted by Crippen LogP contribution is -2.59. The van der Waals surface area contributed by atoms with Crippen molar-refractivity contribution in [2.24, 2.45) is 17.2 Å². The first kappa shape index (κ1) is 10.0. The van der Waals surface area contributed by atoms with Gasteiger partial charge in [0.2, 0.25) is 0 Å². The third-order valence-electron chi connectivity index (χ3n) is 1.15. The molecule has 0 spiro atoms. The zero-order valence-corrected chi connectivity index (χ0v) is 5.91. The first-order valence-corrected chi connectivity index (χ1v) is 2.93. The van der Waals surface area contributed by atoms with Crippen LogP contribution in [0.3, 0.4) is 0 Å². The predicted octanol–water partition coefficient (Wildman–Crippen LogP) is -2.40. The van der Waals surface area contributed by atoms with Crippen LogP contribution in [0.2, 0.25) is 0 Å². The molecule has 6 heteroatoms. The Bertz CT molecular complexity index is 178. The van der Waals surface area contributed by atoms with Gasteiger partial charge in [-0.1, -0.05) is 0 Å². The number of hydrogen-bond donors (Lipinski definition) is 4. The Balaban J connectivity index is 4.21. The molecular formula is C5H11N3O3. The molecule has 0 aliphatic heterocycles. The van der Waals surface area contributed by atoms with E-state index in [4.69, 9.17) is 22.3 Å². The normalized spacial score (nSPS) is 11.2. The van der Waals surface area contributed by atoms with Crippen molar-refractivity contribution in [2.45, 2.75) is 12.1 Å². The van der Waals surface area contributed by atoms with Crippen LogP contribution >= 0.6 is 0 Å². The Labute approximate surface area is 63.3 Å². The van der Waals surface area contributed by atoms with Crippen LogP contribution in [0, 0.1) is 0 Å². The number of carboxylic acids is 1. The summed E-state index contributed by atoms with van der Waals surface area (Å²) in [5.41, 5.74) is 13.4. The van der Waals surface area contributed by atoms with Crippen LogP contribution in [0.1, 0.15) is 6.42 Å². The molecule has 6 nitrogen and oxygen atoms in total. The van der Waals surface area contributed by atoms with Crippen molar-refractivity contribution in [2.75, 3.05) is 6.54 Å². The molecule has 0 radical (unpaired) electrons. The van der Waals surface area contributed by atoms with Gasteiger partial charge < -0.3 is 22.3 Å². The first-order valence-electron chi connectivity index (χ1n) is 2.93. The minimum atomic E-state index is -1.83. The Kier molecular flexibility index (Phi) is 3.12. The number of carbonyl (C=O) groups excluding carboxylic acids is 1. The molecule has 0 unspecified atom stereocenters. The van der Waals surface area contributed by atoms with Gasteiger partial charge >= 0.3 is 5.97 Å². The second kappa shape index (κ2) is 3.42. The highest BCUT2D eigenvalue weighted by molar-refractivity contribution is 5.92. The molecule has 7 N–H and O–H groups in total. The van der Waals surface area contributed by atoms with Crippen molar-refractivity contribution in [3.8, 4) is 0 Å². The largest absolute Gasteiger partial charge is 0.481 e. The number of ketones is 1. The van der Waals surface area contributed by atoms with Gasteiger partial charge in [0, 0.05) is 0 Å². The molecule has 0 saturated heterocycles. The average molecular weight is 161 g/mol. The maximum atomic E-state index is 10.7. The molecule has 0 aliphatic carbocycles. The van der Waals surface area contributed by atoms with Crippen LogP contribution in [0.15, 0.2) is 0 Å². The lowest BCUT2D eigenvalue weighted by molar-refractivity contribution is -0.141. The van der Waals surface area contributed by atoms with Crippen LogP contribution in [-0.4, -0.2) is 29.1 Å². The Morgan fingerprint density at radius 3 is 2.09 bits per heavy atom. The van der Waals surface area contributed by atoms with Gasteiger partial charge in [0.1, 0.15) is 5.66 Å². The fraction of sp³-hybridized carbons (Fsp3) is 0.600. The third-order valence-corrected chi connectivity index (χ3v) is 1.15. The van der Waals surface area contributed by atoms with E-state index in [9.17, 15) is 9.59 Å². The Morgan fingerprint density at radius 1 is 1.36 bits per heavy atom. The number of hydrogen-bond acceptors (Lipinski definition) is 5. The highest BCUT2D eigenvalue weighted by Crippen LogP contribution is 1.98. The van der Waals surface area contributed by atoms with Crippen LogP contribution < -0.4 is 17.2 Å². The number of Topliss-reactive ketones (excluding diaryl/α,β-unsaturated/α-hetero) is 1. The molecular weight excluding hydrogens is 150 g/mol. The SMILES string of the molecule is NCC(=O)C(N)(N)CC(=O)O. The zero-order chi connectivity index (χ0) is 9.07. The fourth-order valence-electron chi connectivity index (χ4n) is 0.539. The highest BCUT2D eigenvalue weighted by Gasteiger charge is 2.30. The van der Waals surface area contributed by atoms with E-state index in [1.807, 2.05) is 0 Å². The van der Waals surface area contributed by atoms with E-state index in [0.29, 0.717) is 0 Å². The first-order chi connectivity index (χ1) is 4.90. The van der Waals surface area contributed by atoms with Crippen molar-refractivity contribution >= 4 is 11.8 Å². The standard InChI is InChI=1S/C5H11N3O3/c6-2-3(9)5(7,8)1-4(10)11/h1-2,6-8H2,(H,10,11). The second-order valence-electron chi connectivity index (χ2n) is 2.24. The van der Waals surface area contributed by atoms with E-state index < -0.39 is 23.8 Å². The second-order valence-corrected chi connectivity index (χ2v) is 2.24. The van der Waals surface area contributed by atoms with Crippen molar-refractivity contribution in [1.82, 2.24) is 0 Å². The van der Waals surface area contributed by atoms with Gasteiger partial charge in [-0.3, -0.25) is 9.59 Å². The molecule has 0 saturated carbocycles. The van der Waals surface area contributed by atoms with Gasteiger partial charge in [-0.2, -0.15) is 0 Å². The van der Waals surface area contributed by atoms with Crippen LogP contribution in [0.5, 0.6) is 0 Å².